The maximum atomic E-state index is 14.3. The number of amides is 4. The number of imidazole rings is 2. The maximum Gasteiger partial charge on any atom is 0.407 e. The van der Waals surface area contributed by atoms with Gasteiger partial charge in [0.1, 0.15) is 23.7 Å². The highest BCUT2D eigenvalue weighted by atomic mass is 16.5. The van der Waals surface area contributed by atoms with Crippen molar-refractivity contribution >= 4 is 24.0 Å². The van der Waals surface area contributed by atoms with Crippen LogP contribution >= 0.6 is 0 Å². The van der Waals surface area contributed by atoms with Crippen molar-refractivity contribution in [3.63, 3.8) is 0 Å². The number of hydrogen-bond acceptors (Lipinski definition) is 8. The smallest absolute Gasteiger partial charge is 0.407 e. The maximum absolute atomic E-state index is 14.3. The fourth-order valence-electron chi connectivity index (χ4n) is 12.1. The van der Waals surface area contributed by atoms with Crippen molar-refractivity contribution < 1.29 is 28.7 Å². The predicted octanol–water partition coefficient (Wildman–Crippen LogP) is 7.25. The van der Waals surface area contributed by atoms with Crippen LogP contribution in [0.4, 0.5) is 9.59 Å². The highest BCUT2D eigenvalue weighted by molar-refractivity contribution is 5.88. The number of carbonyl (C=O) groups excluding carboxylic acids is 4. The Hall–Kier alpha value is -5.66. The van der Waals surface area contributed by atoms with E-state index < -0.39 is 24.3 Å². The summed E-state index contributed by atoms with van der Waals surface area (Å²) in [6, 6.07) is 15.5. The number of rotatable bonds is 11. The summed E-state index contributed by atoms with van der Waals surface area (Å²) in [5, 5.41) is 5.82. The van der Waals surface area contributed by atoms with Gasteiger partial charge in [0.25, 0.3) is 0 Å². The van der Waals surface area contributed by atoms with E-state index in [2.05, 4.69) is 76.1 Å². The molecule has 0 spiro atoms. The molecule has 5 aliphatic carbocycles. The summed E-state index contributed by atoms with van der Waals surface area (Å²) in [4.78, 5) is 73.8. The van der Waals surface area contributed by atoms with Crippen LogP contribution in [0.25, 0.3) is 33.6 Å². The topological polar surface area (TPSA) is 175 Å². The van der Waals surface area contributed by atoms with Gasteiger partial charge >= 0.3 is 12.2 Å². The molecular weight excluding hydrogens is 785 g/mol. The lowest BCUT2D eigenvalue weighted by Crippen LogP contribution is -2.52. The molecule has 0 radical (unpaired) electrons. The molecule has 14 nitrogen and oxygen atoms in total. The number of benzene rings is 2. The molecule has 2 saturated heterocycles. The summed E-state index contributed by atoms with van der Waals surface area (Å²) in [7, 11) is 2.69. The number of ether oxygens (including phenoxy) is 2. The molecule has 4 N–H and O–H groups in total. The molecule has 5 saturated carbocycles. The molecule has 13 atom stereocenters. The first kappa shape index (κ1) is 39.2. The van der Waals surface area contributed by atoms with Crippen molar-refractivity contribution in [2.45, 2.75) is 94.9 Å². The lowest BCUT2D eigenvalue weighted by atomic mass is 9.93. The summed E-state index contributed by atoms with van der Waals surface area (Å²) in [5.41, 5.74) is 5.94. The molecule has 2 aliphatic heterocycles. The van der Waals surface area contributed by atoms with E-state index in [4.69, 9.17) is 19.4 Å². The summed E-state index contributed by atoms with van der Waals surface area (Å²) in [6.07, 6.45) is 11.7. The Morgan fingerprint density at radius 1 is 0.597 bits per heavy atom. The lowest BCUT2D eigenvalue weighted by molar-refractivity contribution is -0.137. The van der Waals surface area contributed by atoms with Gasteiger partial charge in [-0.2, -0.15) is 0 Å². The van der Waals surface area contributed by atoms with Gasteiger partial charge in [0.15, 0.2) is 0 Å². The van der Waals surface area contributed by atoms with E-state index in [1.165, 1.54) is 27.1 Å². The van der Waals surface area contributed by atoms with Crippen LogP contribution in [0.1, 0.15) is 88.4 Å². The van der Waals surface area contributed by atoms with Crippen LogP contribution < -0.4 is 10.6 Å². The number of likely N-dealkylation sites (tertiary alicyclic amines) is 2. The van der Waals surface area contributed by atoms with Crippen LogP contribution in [0.2, 0.25) is 0 Å². The fourth-order valence-corrected chi connectivity index (χ4v) is 12.1. The molecule has 4 aromatic rings. The fraction of sp³-hybridized carbons (Fsp3) is 0.542. The highest BCUT2D eigenvalue weighted by Gasteiger charge is 2.58. The number of nitrogens with zero attached hydrogens (tertiary/aromatic N) is 4. The van der Waals surface area contributed by atoms with Gasteiger partial charge in [-0.05, 0) is 127 Å². The molecule has 7 fully saturated rings. The zero-order valence-electron chi connectivity index (χ0n) is 35.6. The first-order valence-corrected chi connectivity index (χ1v) is 22.7. The van der Waals surface area contributed by atoms with Crippen molar-refractivity contribution in [3.05, 3.63) is 72.6 Å². The highest BCUT2D eigenvalue weighted by Crippen LogP contribution is 2.58. The first-order chi connectivity index (χ1) is 30.1. The zero-order valence-corrected chi connectivity index (χ0v) is 35.6. The van der Waals surface area contributed by atoms with E-state index in [9.17, 15) is 19.2 Å². The van der Waals surface area contributed by atoms with E-state index in [0.717, 1.165) is 90.2 Å². The van der Waals surface area contributed by atoms with Gasteiger partial charge < -0.3 is 39.9 Å². The average molecular weight is 841 g/mol. The number of carbonyl (C=O) groups is 4. The number of nitrogens with one attached hydrogen (secondary N) is 4. The van der Waals surface area contributed by atoms with E-state index in [1.54, 1.807) is 0 Å². The Balaban J connectivity index is 0.753. The normalized spacial score (nSPS) is 32.0. The van der Waals surface area contributed by atoms with E-state index in [-0.39, 0.29) is 41.8 Å². The van der Waals surface area contributed by atoms with Crippen molar-refractivity contribution in [2.24, 2.45) is 47.3 Å². The minimum atomic E-state index is -0.592. The number of fused-ring (bicyclic) bond motifs is 3. The molecule has 2 aromatic heterocycles. The van der Waals surface area contributed by atoms with Crippen LogP contribution in [-0.2, 0) is 19.1 Å². The van der Waals surface area contributed by atoms with Crippen LogP contribution in [0.5, 0.6) is 0 Å². The molecule has 0 bridgehead atoms. The van der Waals surface area contributed by atoms with Crippen molar-refractivity contribution in [2.75, 3.05) is 20.8 Å². The Bertz CT molecular complexity index is 2270. The van der Waals surface area contributed by atoms with Gasteiger partial charge in [0.2, 0.25) is 11.8 Å². The molecule has 324 valence electrons. The number of hydrogen-bond donors (Lipinski definition) is 4. The van der Waals surface area contributed by atoms with E-state index >= 15 is 0 Å². The molecule has 14 heteroatoms. The molecule has 4 heterocycles. The van der Waals surface area contributed by atoms with Crippen LogP contribution in [0, 0.1) is 47.3 Å². The van der Waals surface area contributed by atoms with Crippen LogP contribution in [0.15, 0.2) is 60.9 Å². The molecule has 4 unspecified atom stereocenters. The molecule has 62 heavy (non-hydrogen) atoms. The monoisotopic (exact) mass is 840 g/mol. The summed E-state index contributed by atoms with van der Waals surface area (Å²) < 4.78 is 9.88. The molecule has 11 rings (SSSR count). The lowest BCUT2D eigenvalue weighted by Gasteiger charge is -2.33. The molecule has 7 aliphatic rings. The van der Waals surface area contributed by atoms with Gasteiger partial charge in [-0.3, -0.25) is 9.59 Å². The Morgan fingerprint density at radius 3 is 1.56 bits per heavy atom. The van der Waals surface area contributed by atoms with Crippen molar-refractivity contribution in [1.82, 2.24) is 40.4 Å². The third-order valence-electron chi connectivity index (χ3n) is 15.7. The van der Waals surface area contributed by atoms with Crippen LogP contribution in [0.3, 0.4) is 0 Å². The van der Waals surface area contributed by atoms with Gasteiger partial charge in [0, 0.05) is 12.6 Å². The number of piperidine rings is 1. The Labute approximate surface area is 361 Å². The standard InChI is InChI=1S/C48H56N8O6/c1-24-12-39(55(23-24)45(57)41(53-47(59)61-2)34-15-29-13-30(29)16-34)43-49-21-36(51-43)27-8-4-25(5-9-27)26-6-10-28(11-7-26)37-22-50-44(52-37)40-20-33-19-38(33)56(40)46(58)42(54-48(60)62-3)35-17-31-14-32(31)18-35/h4-11,21-22,24,29-35,38-42H,12-20,23H2,1-3H3,(H,49,51)(H,50,52)(H,53,59)(H,54,60)/t24-,29-,30+,31-,32+,33+,34?,35?,38+,39-,40-,41?,42?/m0/s1. The molecular formula is C48H56N8O6. The third kappa shape index (κ3) is 7.22. The SMILES string of the molecule is COC(=O)NC(C(=O)N1C[C@@H](C)C[C@H]1c1ncc(-c2ccc(-c3ccc(-c4cnc([C@@H]5C[C@H]6C[C@H]6N5C(=O)C(NC(=O)OC)C5C[C@@H]6C[C@@H]6C5)[nH]4)cc3)cc2)[nH]1)C1C[C@@H]2C[C@@H]2C1. The van der Waals surface area contributed by atoms with Crippen molar-refractivity contribution in [3.8, 4) is 33.6 Å². The first-order valence-electron chi connectivity index (χ1n) is 22.7. The number of H-pyrrole nitrogens is 2. The van der Waals surface area contributed by atoms with Gasteiger partial charge in [-0.25, -0.2) is 19.6 Å². The van der Waals surface area contributed by atoms with Crippen molar-refractivity contribution in [1.29, 1.82) is 0 Å². The number of methoxy groups -OCH3 is 2. The van der Waals surface area contributed by atoms with E-state index in [0.29, 0.717) is 42.1 Å². The quantitative estimate of drug-likeness (QED) is 0.122. The third-order valence-corrected chi connectivity index (χ3v) is 15.7. The molecule has 2 aromatic carbocycles. The number of alkyl carbamates (subject to hydrolysis) is 2. The largest absolute Gasteiger partial charge is 0.453 e. The van der Waals surface area contributed by atoms with E-state index in [1.807, 2.05) is 22.2 Å². The number of aromatic amines is 2. The van der Waals surface area contributed by atoms with Crippen LogP contribution in [-0.4, -0.2) is 92.6 Å². The summed E-state index contributed by atoms with van der Waals surface area (Å²) in [6.45, 7) is 2.78. The van der Waals surface area contributed by atoms with Gasteiger partial charge in [-0.15, -0.1) is 0 Å². The summed E-state index contributed by atoms with van der Waals surface area (Å²) >= 11 is 0. The predicted molar refractivity (Wildman–Crippen MR) is 229 cm³/mol. The van der Waals surface area contributed by atoms with Gasteiger partial charge in [-0.1, -0.05) is 55.5 Å². The molecule has 4 amide bonds. The minimum Gasteiger partial charge on any atom is -0.453 e. The van der Waals surface area contributed by atoms with Gasteiger partial charge in [0.05, 0.1) is 50.1 Å². The Kier molecular flexibility index (Phi) is 9.68. The second-order valence-electron chi connectivity index (χ2n) is 19.6. The summed E-state index contributed by atoms with van der Waals surface area (Å²) in [5.74, 6) is 5.28. The number of aromatic nitrogens is 4. The second-order valence-corrected chi connectivity index (χ2v) is 19.6. The average Bonchev–Trinajstić information content (AvgIpc) is 3.97. The zero-order chi connectivity index (χ0) is 42.4. The second kappa shape index (κ2) is 15.3. The minimum absolute atomic E-state index is 0.00483. The Morgan fingerprint density at radius 2 is 1.06 bits per heavy atom.